The fourth-order valence-corrected chi connectivity index (χ4v) is 8.90. The van der Waals surface area contributed by atoms with Crippen molar-refractivity contribution in [3.05, 3.63) is 95.1 Å². The summed E-state index contributed by atoms with van der Waals surface area (Å²) in [6.45, 7) is -0.546. The van der Waals surface area contributed by atoms with E-state index in [1.54, 1.807) is 6.07 Å². The Morgan fingerprint density at radius 1 is 0.937 bits per heavy atom. The highest BCUT2D eigenvalue weighted by Gasteiger charge is 2.61. The second-order valence-electron chi connectivity index (χ2n) is 16.9. The summed E-state index contributed by atoms with van der Waals surface area (Å²) < 4.78 is 25.0. The van der Waals surface area contributed by atoms with Crippen LogP contribution in [0.5, 0.6) is 23.0 Å². The van der Waals surface area contributed by atoms with Gasteiger partial charge in [-0.3, -0.25) is 9.59 Å². The zero-order valence-corrected chi connectivity index (χ0v) is 35.4. The first-order valence-electron chi connectivity index (χ1n) is 21.7. The Morgan fingerprint density at radius 2 is 1.70 bits per heavy atom. The Kier molecular flexibility index (Phi) is 16.5. The van der Waals surface area contributed by atoms with E-state index in [9.17, 15) is 45.0 Å². The molecule has 1 aliphatic heterocycles. The third kappa shape index (κ3) is 12.3. The number of aryl methyl sites for hydroxylation is 1. The Hall–Kier alpha value is -5.13. The number of carbonyl (C=O) groups excluding carboxylic acids is 2. The predicted octanol–water partition coefficient (Wildman–Crippen LogP) is 4.58. The fourth-order valence-electron chi connectivity index (χ4n) is 8.90. The van der Waals surface area contributed by atoms with Gasteiger partial charge in [0.2, 0.25) is 0 Å². The number of hydrogen-bond donors (Lipinski definition) is 8. The minimum absolute atomic E-state index is 0.00276. The van der Waals surface area contributed by atoms with Crippen LogP contribution >= 0.6 is 0 Å². The van der Waals surface area contributed by atoms with E-state index in [0.29, 0.717) is 18.4 Å². The Morgan fingerprint density at radius 3 is 2.41 bits per heavy atom. The molecule has 0 bridgehead atoms. The highest BCUT2D eigenvalue weighted by atomic mass is 16.6. The zero-order valence-electron chi connectivity index (χ0n) is 35.4. The number of nitrogens with one attached hydrogen (secondary N) is 1. The summed E-state index contributed by atoms with van der Waals surface area (Å²) in [6, 6.07) is 16.9. The van der Waals surface area contributed by atoms with Crippen LogP contribution in [0.25, 0.3) is 12.2 Å². The SMILES string of the molecule is NCCOc1ccc(/C=C/C(=O)CO[C@@]2(C(=O)O)C[C@@H](O)[C@H]3OC[C@@H](CCc4ccccc4)C[C@@H](C(=O)/C=C/c4cc(O)c(O)cc4CO)O[C@]3(CNC3CCCCC3)C2)cc1O. The summed E-state index contributed by atoms with van der Waals surface area (Å²) >= 11 is 0. The summed E-state index contributed by atoms with van der Waals surface area (Å²) in [6.07, 6.45) is 7.07. The number of ether oxygens (including phenoxy) is 4. The predicted molar refractivity (Wildman–Crippen MR) is 233 cm³/mol. The standard InChI is InChI=1S/C48H60N2O13/c49-19-20-60-43-18-14-32(21-41(43)56)13-16-37(52)28-62-47(46(58)59)25-42(57)45-48(29-47,30-50-36-9-5-2-6-10-36)63-44(22-33(27-61-45)12-11-31-7-3-1-4-8-31)38(53)17-15-34-23-39(54)40(55)24-35(34)26-51/h1,3-4,7-8,13-18,21,23-24,33,36,42,44-45,50-51,54-57H,2,5-6,9-12,19-20,22,25-30,49H2,(H,58,59)/b16-13+,17-15+/t33-,42+,44-,45+,47-,48-/m0/s1. The smallest absolute Gasteiger partial charge is 0.336 e. The molecule has 2 saturated carbocycles. The molecule has 63 heavy (non-hydrogen) atoms. The molecule has 6 rings (SSSR count). The average molecular weight is 873 g/mol. The van der Waals surface area contributed by atoms with E-state index in [2.05, 4.69) is 5.32 Å². The van der Waals surface area contributed by atoms with E-state index in [4.69, 9.17) is 24.7 Å². The Bertz CT molecular complexity index is 2090. The number of benzene rings is 3. The van der Waals surface area contributed by atoms with E-state index >= 15 is 0 Å². The van der Waals surface area contributed by atoms with Crippen molar-refractivity contribution in [3.8, 4) is 23.0 Å². The number of nitrogens with two attached hydrogens (primary N) is 1. The van der Waals surface area contributed by atoms with Gasteiger partial charge >= 0.3 is 5.97 Å². The summed E-state index contributed by atoms with van der Waals surface area (Å²) in [4.78, 5) is 41.2. The number of aliphatic hydroxyl groups excluding tert-OH is 2. The molecule has 9 N–H and O–H groups in total. The van der Waals surface area contributed by atoms with Gasteiger partial charge in [0.05, 0.1) is 19.3 Å². The van der Waals surface area contributed by atoms with Crippen LogP contribution in [0.4, 0.5) is 0 Å². The van der Waals surface area contributed by atoms with Crippen LogP contribution in [0.15, 0.2) is 72.8 Å². The normalized spacial score (nSPS) is 25.6. The van der Waals surface area contributed by atoms with Crippen molar-refractivity contribution in [3.63, 3.8) is 0 Å². The van der Waals surface area contributed by atoms with Gasteiger partial charge in [-0.2, -0.15) is 0 Å². The molecule has 6 atom stereocenters. The van der Waals surface area contributed by atoms with Gasteiger partial charge in [0.1, 0.15) is 31.0 Å². The molecule has 3 aromatic rings. The van der Waals surface area contributed by atoms with E-state index in [1.807, 2.05) is 30.3 Å². The number of fused-ring (bicyclic) bond motifs is 1. The number of carboxylic acid groups (broad SMARTS) is 1. The maximum absolute atomic E-state index is 14.5. The van der Waals surface area contributed by atoms with Crippen molar-refractivity contribution >= 4 is 29.7 Å². The van der Waals surface area contributed by atoms with Gasteiger partial charge in [-0.15, -0.1) is 0 Å². The summed E-state index contributed by atoms with van der Waals surface area (Å²) in [5.74, 6) is -3.50. The first-order valence-corrected chi connectivity index (χ1v) is 21.7. The molecule has 340 valence electrons. The number of aromatic hydroxyl groups is 3. The second kappa shape index (κ2) is 22.0. The molecular formula is C48H60N2O13. The monoisotopic (exact) mass is 872 g/mol. The van der Waals surface area contributed by atoms with Crippen molar-refractivity contribution in [1.82, 2.24) is 5.32 Å². The van der Waals surface area contributed by atoms with Crippen molar-refractivity contribution < 1.29 is 64.0 Å². The van der Waals surface area contributed by atoms with Crippen molar-refractivity contribution in [2.75, 3.05) is 32.9 Å². The molecule has 1 heterocycles. The molecule has 3 aromatic carbocycles. The summed E-state index contributed by atoms with van der Waals surface area (Å²) in [5.41, 5.74) is 3.80. The van der Waals surface area contributed by atoms with Crippen LogP contribution in [0.2, 0.25) is 0 Å². The number of phenols is 3. The molecule has 1 saturated heterocycles. The van der Waals surface area contributed by atoms with Crippen LogP contribution in [-0.2, 0) is 41.6 Å². The van der Waals surface area contributed by atoms with Crippen LogP contribution in [0.1, 0.15) is 80.0 Å². The van der Waals surface area contributed by atoms with Crippen LogP contribution in [0, 0.1) is 5.92 Å². The lowest BCUT2D eigenvalue weighted by Crippen LogP contribution is -2.70. The number of hydrogen-bond acceptors (Lipinski definition) is 14. The molecule has 3 aliphatic rings. The number of rotatable bonds is 19. The lowest BCUT2D eigenvalue weighted by molar-refractivity contribution is -0.269. The van der Waals surface area contributed by atoms with Gasteiger partial charge in [0.15, 0.2) is 40.2 Å². The van der Waals surface area contributed by atoms with Crippen molar-refractivity contribution in [1.29, 1.82) is 0 Å². The molecule has 0 aromatic heterocycles. The maximum Gasteiger partial charge on any atom is 0.336 e. The van der Waals surface area contributed by atoms with Crippen molar-refractivity contribution in [2.45, 2.75) is 106 Å². The molecule has 0 amide bonds. The summed E-state index contributed by atoms with van der Waals surface area (Å²) in [5, 5.41) is 67.1. The second-order valence-corrected chi connectivity index (χ2v) is 16.9. The highest BCUT2D eigenvalue weighted by molar-refractivity contribution is 5.97. The molecular weight excluding hydrogens is 813 g/mol. The number of ketones is 2. The first-order chi connectivity index (χ1) is 30.3. The lowest BCUT2D eigenvalue weighted by atomic mass is 9.70. The quantitative estimate of drug-likeness (QED) is 0.0607. The Labute approximate surface area is 367 Å². The van der Waals surface area contributed by atoms with E-state index in [0.717, 1.165) is 37.7 Å². The van der Waals surface area contributed by atoms with E-state index in [-0.39, 0.29) is 73.7 Å². The molecule has 0 spiro atoms. The largest absolute Gasteiger partial charge is 0.504 e. The first kappa shape index (κ1) is 47.4. The molecule has 15 nitrogen and oxygen atoms in total. The van der Waals surface area contributed by atoms with Gasteiger partial charge in [-0.1, -0.05) is 67.8 Å². The fraction of sp³-hybridized carbons (Fsp3) is 0.479. The zero-order chi connectivity index (χ0) is 45.0. The highest BCUT2D eigenvalue weighted by Crippen LogP contribution is 2.45. The van der Waals surface area contributed by atoms with Gasteiger partial charge < -0.3 is 60.6 Å². The number of carboxylic acids is 1. The van der Waals surface area contributed by atoms with Gasteiger partial charge in [0, 0.05) is 32.0 Å². The molecule has 0 unspecified atom stereocenters. The topological polar surface area (TPSA) is 248 Å². The minimum Gasteiger partial charge on any atom is -0.504 e. The minimum atomic E-state index is -2.15. The van der Waals surface area contributed by atoms with E-state index < -0.39 is 78.2 Å². The number of aliphatic carboxylic acids is 1. The van der Waals surface area contributed by atoms with Crippen molar-refractivity contribution in [2.24, 2.45) is 11.7 Å². The van der Waals surface area contributed by atoms with Crippen LogP contribution in [0.3, 0.4) is 0 Å². The van der Waals surface area contributed by atoms with Crippen LogP contribution in [-0.4, -0.2) is 117 Å². The third-order valence-corrected chi connectivity index (χ3v) is 12.3. The Balaban J connectivity index is 1.31. The maximum atomic E-state index is 14.5. The van der Waals surface area contributed by atoms with E-state index in [1.165, 1.54) is 48.6 Å². The van der Waals surface area contributed by atoms with Crippen LogP contribution < -0.4 is 15.8 Å². The molecule has 15 heteroatoms. The average Bonchev–Trinajstić information content (AvgIpc) is 3.27. The number of aliphatic hydroxyl groups is 2. The van der Waals surface area contributed by atoms with Gasteiger partial charge in [-0.05, 0) is 96.7 Å². The third-order valence-electron chi connectivity index (χ3n) is 12.3. The van der Waals surface area contributed by atoms with Gasteiger partial charge in [-0.25, -0.2) is 4.79 Å². The summed E-state index contributed by atoms with van der Waals surface area (Å²) in [7, 11) is 0. The number of phenolic OH excluding ortho intramolecular Hbond substituents is 3. The van der Waals surface area contributed by atoms with Gasteiger partial charge in [0.25, 0.3) is 0 Å². The molecule has 0 radical (unpaired) electrons. The molecule has 2 aliphatic carbocycles. The number of carbonyl (C=O) groups is 3. The lowest BCUT2D eigenvalue weighted by Gasteiger charge is -2.54. The molecule has 3 fully saturated rings.